The molecule has 0 aromatic heterocycles. The van der Waals surface area contributed by atoms with Crippen LogP contribution in [0.25, 0.3) is 0 Å². The molecule has 2 N–H and O–H groups in total. The number of rotatable bonds is 2. The minimum atomic E-state index is -5.15. The van der Waals surface area contributed by atoms with Gasteiger partial charge in [-0.1, -0.05) is 0 Å². The van der Waals surface area contributed by atoms with E-state index in [4.69, 9.17) is 0 Å². The smallest absolute Gasteiger partial charge is 0.465 e. The van der Waals surface area contributed by atoms with E-state index >= 15 is 0 Å². The number of nitrogens with one attached hydrogen (secondary N) is 2. The van der Waals surface area contributed by atoms with E-state index in [2.05, 4.69) is 4.74 Å². The van der Waals surface area contributed by atoms with Gasteiger partial charge in [0.05, 0.1) is 12.7 Å². The maximum Gasteiger partial charge on any atom is 0.471 e. The van der Waals surface area contributed by atoms with E-state index in [-0.39, 0.29) is 11.3 Å². The number of halogens is 3. The normalized spacial score (nSPS) is 10.6. The number of amides is 3. The highest BCUT2D eigenvalue weighted by Crippen LogP contribution is 2.14. The predicted octanol–water partition coefficient (Wildman–Crippen LogP) is 1.68. The molecule has 108 valence electrons. The van der Waals surface area contributed by atoms with Crippen molar-refractivity contribution in [3.8, 4) is 0 Å². The molecule has 0 spiro atoms. The summed E-state index contributed by atoms with van der Waals surface area (Å²) in [4.78, 5) is 32.7. The molecule has 6 nitrogen and oxygen atoms in total. The van der Waals surface area contributed by atoms with Crippen molar-refractivity contribution in [2.24, 2.45) is 0 Å². The van der Waals surface area contributed by atoms with Crippen molar-refractivity contribution >= 4 is 23.6 Å². The van der Waals surface area contributed by atoms with E-state index in [9.17, 15) is 27.6 Å². The Balaban J connectivity index is 2.63. The lowest BCUT2D eigenvalue weighted by Crippen LogP contribution is -2.42. The van der Waals surface area contributed by atoms with E-state index in [0.29, 0.717) is 0 Å². The Bertz CT molecular complexity index is 525. The summed E-state index contributed by atoms with van der Waals surface area (Å²) < 4.78 is 40.1. The van der Waals surface area contributed by atoms with E-state index in [1.54, 1.807) is 0 Å². The van der Waals surface area contributed by atoms with Gasteiger partial charge in [0.1, 0.15) is 0 Å². The number of alkyl halides is 3. The fourth-order valence-electron chi connectivity index (χ4n) is 1.14. The fourth-order valence-corrected chi connectivity index (χ4v) is 1.14. The molecular formula is C11H9F3N2O4. The van der Waals surface area contributed by atoms with Crippen LogP contribution >= 0.6 is 0 Å². The zero-order chi connectivity index (χ0) is 15.3. The number of carbonyl (C=O) groups excluding carboxylic acids is 3. The lowest BCUT2D eigenvalue weighted by Gasteiger charge is -2.08. The first kappa shape index (κ1) is 15.5. The van der Waals surface area contributed by atoms with Crippen LogP contribution in [0.2, 0.25) is 0 Å². The molecule has 20 heavy (non-hydrogen) atoms. The molecule has 0 bridgehead atoms. The zero-order valence-corrected chi connectivity index (χ0v) is 10.1. The molecule has 3 amide bonds. The van der Waals surface area contributed by atoms with Gasteiger partial charge in [0.2, 0.25) is 0 Å². The van der Waals surface area contributed by atoms with Crippen LogP contribution in [-0.4, -0.2) is 31.2 Å². The van der Waals surface area contributed by atoms with Gasteiger partial charge in [-0.05, 0) is 24.3 Å². The highest BCUT2D eigenvalue weighted by Gasteiger charge is 2.39. The van der Waals surface area contributed by atoms with Crippen LogP contribution in [0, 0.1) is 0 Å². The van der Waals surface area contributed by atoms with Crippen molar-refractivity contribution in [1.82, 2.24) is 5.32 Å². The fraction of sp³-hybridized carbons (Fsp3) is 0.182. The Morgan fingerprint density at radius 1 is 1.10 bits per heavy atom. The molecule has 1 aromatic rings. The Labute approximate surface area is 110 Å². The highest BCUT2D eigenvalue weighted by molar-refractivity contribution is 6.03. The largest absolute Gasteiger partial charge is 0.471 e. The molecular weight excluding hydrogens is 281 g/mol. The van der Waals surface area contributed by atoms with Crippen molar-refractivity contribution in [1.29, 1.82) is 0 Å². The molecule has 0 radical (unpaired) electrons. The molecule has 1 rings (SSSR count). The second-order valence-corrected chi connectivity index (χ2v) is 3.47. The first-order chi connectivity index (χ1) is 9.24. The Morgan fingerprint density at radius 2 is 1.65 bits per heavy atom. The van der Waals surface area contributed by atoms with Gasteiger partial charge in [0.15, 0.2) is 0 Å². The van der Waals surface area contributed by atoms with E-state index in [1.807, 2.05) is 5.32 Å². The summed E-state index contributed by atoms with van der Waals surface area (Å²) in [6.07, 6.45) is -5.15. The predicted molar refractivity (Wildman–Crippen MR) is 61.0 cm³/mol. The number of benzene rings is 1. The Hall–Kier alpha value is -2.58. The first-order valence-corrected chi connectivity index (χ1v) is 5.11. The molecule has 0 aliphatic heterocycles. The molecule has 0 atom stereocenters. The zero-order valence-electron chi connectivity index (χ0n) is 10.1. The summed E-state index contributed by atoms with van der Waals surface area (Å²) in [5.74, 6) is -2.98. The lowest BCUT2D eigenvalue weighted by molar-refractivity contribution is -0.172. The first-order valence-electron chi connectivity index (χ1n) is 5.11. The van der Waals surface area contributed by atoms with Crippen LogP contribution in [0.5, 0.6) is 0 Å². The molecule has 0 unspecified atom stereocenters. The highest BCUT2D eigenvalue weighted by atomic mass is 19.4. The van der Waals surface area contributed by atoms with Gasteiger partial charge < -0.3 is 10.1 Å². The summed E-state index contributed by atoms with van der Waals surface area (Å²) in [5.41, 5.74) is 0.301. The van der Waals surface area contributed by atoms with Crippen LogP contribution in [0.3, 0.4) is 0 Å². The number of urea groups is 1. The maximum atomic E-state index is 11.9. The summed E-state index contributed by atoms with van der Waals surface area (Å²) in [7, 11) is 1.19. The third kappa shape index (κ3) is 4.26. The van der Waals surface area contributed by atoms with Crippen LogP contribution in [0.4, 0.5) is 23.7 Å². The molecule has 9 heteroatoms. The number of hydrogen-bond donors (Lipinski definition) is 2. The van der Waals surface area contributed by atoms with Gasteiger partial charge in [0, 0.05) is 5.69 Å². The number of anilines is 1. The topological polar surface area (TPSA) is 84.5 Å². The summed E-state index contributed by atoms with van der Waals surface area (Å²) in [6.45, 7) is 0. The molecule has 0 aliphatic rings. The summed E-state index contributed by atoms with van der Waals surface area (Å²) >= 11 is 0. The van der Waals surface area contributed by atoms with Gasteiger partial charge in [-0.3, -0.25) is 10.1 Å². The second-order valence-electron chi connectivity index (χ2n) is 3.47. The van der Waals surface area contributed by atoms with Gasteiger partial charge in [-0.2, -0.15) is 13.2 Å². The third-order valence-electron chi connectivity index (χ3n) is 2.05. The van der Waals surface area contributed by atoms with Crippen molar-refractivity contribution in [3.05, 3.63) is 29.8 Å². The molecule has 1 aromatic carbocycles. The standard InChI is InChI=1S/C11H9F3N2O4/c1-20-8(17)6-2-4-7(5-3-6)15-10(19)16-9(18)11(12,13)14/h2-5H,1H3,(H2,15,16,18,19). The Morgan fingerprint density at radius 3 is 2.10 bits per heavy atom. The molecule has 0 saturated heterocycles. The van der Waals surface area contributed by atoms with Crippen LogP contribution < -0.4 is 10.6 Å². The average Bonchev–Trinajstić information content (AvgIpc) is 2.37. The van der Waals surface area contributed by atoms with Gasteiger partial charge in [0.25, 0.3) is 0 Å². The van der Waals surface area contributed by atoms with E-state index < -0.39 is 24.1 Å². The number of esters is 1. The van der Waals surface area contributed by atoms with Crippen LogP contribution in [0.1, 0.15) is 10.4 Å². The number of hydrogen-bond acceptors (Lipinski definition) is 4. The van der Waals surface area contributed by atoms with Crippen molar-refractivity contribution in [2.45, 2.75) is 6.18 Å². The van der Waals surface area contributed by atoms with Crippen LogP contribution in [0.15, 0.2) is 24.3 Å². The van der Waals surface area contributed by atoms with Gasteiger partial charge in [-0.15, -0.1) is 0 Å². The summed E-state index contributed by atoms with van der Waals surface area (Å²) in [5, 5.41) is 3.12. The van der Waals surface area contributed by atoms with E-state index in [0.717, 1.165) is 5.32 Å². The minimum Gasteiger partial charge on any atom is -0.465 e. The average molecular weight is 290 g/mol. The lowest BCUT2D eigenvalue weighted by atomic mass is 10.2. The Kier molecular flexibility index (Phi) is 4.68. The number of imide groups is 1. The van der Waals surface area contributed by atoms with Crippen molar-refractivity contribution in [2.75, 3.05) is 12.4 Å². The van der Waals surface area contributed by atoms with E-state index in [1.165, 1.54) is 31.4 Å². The molecule has 0 aliphatic carbocycles. The van der Waals surface area contributed by atoms with Gasteiger partial charge >= 0.3 is 24.1 Å². The third-order valence-corrected chi connectivity index (χ3v) is 2.05. The number of carbonyl (C=O) groups is 3. The molecule has 0 fully saturated rings. The number of ether oxygens (including phenoxy) is 1. The van der Waals surface area contributed by atoms with Crippen molar-refractivity contribution in [3.63, 3.8) is 0 Å². The SMILES string of the molecule is COC(=O)c1ccc(NC(=O)NC(=O)C(F)(F)F)cc1. The number of methoxy groups -OCH3 is 1. The summed E-state index contributed by atoms with van der Waals surface area (Å²) in [6, 6.07) is 3.80. The van der Waals surface area contributed by atoms with Crippen molar-refractivity contribution < 1.29 is 32.3 Å². The molecule has 0 heterocycles. The molecule has 0 saturated carbocycles. The maximum absolute atomic E-state index is 11.9. The van der Waals surface area contributed by atoms with Gasteiger partial charge in [-0.25, -0.2) is 9.59 Å². The van der Waals surface area contributed by atoms with Crippen LogP contribution in [-0.2, 0) is 9.53 Å². The quantitative estimate of drug-likeness (QED) is 0.812. The monoisotopic (exact) mass is 290 g/mol. The second kappa shape index (κ2) is 6.04. The minimum absolute atomic E-state index is 0.102.